The molecule has 0 aliphatic rings. The van der Waals surface area contributed by atoms with Crippen molar-refractivity contribution in [2.24, 2.45) is 0 Å². The number of hydrogen-bond donors (Lipinski definition) is 1. The van der Waals surface area contributed by atoms with E-state index < -0.39 is 6.16 Å². The molecule has 0 aliphatic carbocycles. The number of benzene rings is 1. The molecule has 1 rings (SSSR count). The van der Waals surface area contributed by atoms with Crippen molar-refractivity contribution in [2.75, 3.05) is 0 Å². The number of rotatable bonds is 4. The second-order valence-electron chi connectivity index (χ2n) is 3.37. The zero-order chi connectivity index (χ0) is 11.3. The third-order valence-electron chi connectivity index (χ3n) is 2.31. The fourth-order valence-electron chi connectivity index (χ4n) is 1.67. The first-order valence-corrected chi connectivity index (χ1v) is 5.20. The van der Waals surface area contributed by atoms with Crippen LogP contribution < -0.4 is 4.74 Å². The molecule has 3 heteroatoms. The van der Waals surface area contributed by atoms with Crippen LogP contribution in [0.3, 0.4) is 0 Å². The molecule has 0 radical (unpaired) electrons. The summed E-state index contributed by atoms with van der Waals surface area (Å²) in [5.74, 6) is 0.476. The average Bonchev–Trinajstić information content (AvgIpc) is 2.20. The highest BCUT2D eigenvalue weighted by molar-refractivity contribution is 5.62. The summed E-state index contributed by atoms with van der Waals surface area (Å²) in [5, 5.41) is 8.60. The molecule has 0 heterocycles. The maximum atomic E-state index is 10.5. The van der Waals surface area contributed by atoms with Crippen molar-refractivity contribution in [3.63, 3.8) is 0 Å². The van der Waals surface area contributed by atoms with E-state index >= 15 is 0 Å². The molecule has 0 atom stereocenters. The van der Waals surface area contributed by atoms with Gasteiger partial charge in [-0.15, -0.1) is 0 Å². The van der Waals surface area contributed by atoms with E-state index in [0.29, 0.717) is 5.75 Å². The zero-order valence-corrected chi connectivity index (χ0v) is 9.12. The van der Waals surface area contributed by atoms with Crippen molar-refractivity contribution in [1.29, 1.82) is 0 Å². The minimum absolute atomic E-state index is 0.476. The number of ether oxygens (including phenoxy) is 1. The van der Waals surface area contributed by atoms with Gasteiger partial charge in [0.15, 0.2) is 0 Å². The van der Waals surface area contributed by atoms with Crippen LogP contribution in [-0.4, -0.2) is 11.3 Å². The molecule has 0 aromatic heterocycles. The van der Waals surface area contributed by atoms with Crippen LogP contribution in [0.1, 0.15) is 31.4 Å². The molecule has 0 spiro atoms. The van der Waals surface area contributed by atoms with Gasteiger partial charge in [-0.05, 0) is 30.0 Å². The summed E-state index contributed by atoms with van der Waals surface area (Å²) in [5.41, 5.74) is 2.18. The molecule has 1 N–H and O–H groups in total. The summed E-state index contributed by atoms with van der Waals surface area (Å²) >= 11 is 0. The molecule has 1 aromatic rings. The number of hydrogen-bond acceptors (Lipinski definition) is 2. The van der Waals surface area contributed by atoms with Crippen LogP contribution in [0.5, 0.6) is 5.75 Å². The first-order valence-electron chi connectivity index (χ1n) is 5.20. The van der Waals surface area contributed by atoms with Crippen LogP contribution in [0.15, 0.2) is 18.2 Å². The lowest BCUT2D eigenvalue weighted by atomic mass is 10.0. The predicted octanol–water partition coefficient (Wildman–Crippen LogP) is 3.26. The Hall–Kier alpha value is -1.51. The topological polar surface area (TPSA) is 46.5 Å². The molecular formula is C12H16O3. The summed E-state index contributed by atoms with van der Waals surface area (Å²) in [7, 11) is 0. The van der Waals surface area contributed by atoms with Crippen LogP contribution in [0.25, 0.3) is 0 Å². The van der Waals surface area contributed by atoms with Crippen LogP contribution in [0, 0.1) is 0 Å². The summed E-state index contributed by atoms with van der Waals surface area (Å²) in [6, 6.07) is 5.55. The first-order chi connectivity index (χ1) is 7.19. The monoisotopic (exact) mass is 208 g/mol. The standard InChI is InChI=1S/C12H16O3/c1-3-6-10-9(4-2)7-5-8-11(10)15-12(13)14/h5,7-8H,3-4,6H2,1-2H3,(H,13,14). The van der Waals surface area contributed by atoms with E-state index in [0.717, 1.165) is 30.4 Å². The fourth-order valence-corrected chi connectivity index (χ4v) is 1.67. The van der Waals surface area contributed by atoms with Gasteiger partial charge in [0, 0.05) is 0 Å². The molecule has 0 fully saturated rings. The molecular weight excluding hydrogens is 192 g/mol. The summed E-state index contributed by atoms with van der Waals surface area (Å²) in [6.07, 6.45) is 1.48. The Labute approximate surface area is 89.7 Å². The van der Waals surface area contributed by atoms with Gasteiger partial charge >= 0.3 is 6.16 Å². The van der Waals surface area contributed by atoms with Crippen LogP contribution >= 0.6 is 0 Å². The number of aryl methyl sites for hydroxylation is 1. The molecule has 1 aromatic carbocycles. The smallest absolute Gasteiger partial charge is 0.449 e. The quantitative estimate of drug-likeness (QED) is 0.610. The summed E-state index contributed by atoms with van der Waals surface area (Å²) in [4.78, 5) is 10.5. The first kappa shape index (κ1) is 11.6. The molecule has 0 unspecified atom stereocenters. The van der Waals surface area contributed by atoms with Gasteiger partial charge in [-0.1, -0.05) is 32.4 Å². The SMILES string of the molecule is CCCc1c(CC)cccc1OC(=O)O. The van der Waals surface area contributed by atoms with Crippen molar-refractivity contribution in [2.45, 2.75) is 33.1 Å². The Morgan fingerprint density at radius 2 is 2.13 bits per heavy atom. The number of carboxylic acid groups (broad SMARTS) is 1. The second kappa shape index (κ2) is 5.39. The van der Waals surface area contributed by atoms with Gasteiger partial charge in [-0.3, -0.25) is 0 Å². The Bertz CT molecular complexity index is 345. The minimum Gasteiger partial charge on any atom is -0.449 e. The Kier molecular flexibility index (Phi) is 4.16. The Morgan fingerprint density at radius 1 is 1.40 bits per heavy atom. The van der Waals surface area contributed by atoms with Crippen molar-refractivity contribution in [3.8, 4) is 5.75 Å². The van der Waals surface area contributed by atoms with Crippen molar-refractivity contribution in [1.82, 2.24) is 0 Å². The van der Waals surface area contributed by atoms with Gasteiger partial charge in [0.25, 0.3) is 0 Å². The Balaban J connectivity index is 3.06. The van der Waals surface area contributed by atoms with Gasteiger partial charge in [0.2, 0.25) is 0 Å². The summed E-state index contributed by atoms with van der Waals surface area (Å²) < 4.78 is 4.76. The van der Waals surface area contributed by atoms with Crippen LogP contribution in [-0.2, 0) is 12.8 Å². The molecule has 0 saturated heterocycles. The van der Waals surface area contributed by atoms with Crippen molar-refractivity contribution >= 4 is 6.16 Å². The average molecular weight is 208 g/mol. The van der Waals surface area contributed by atoms with E-state index in [1.54, 1.807) is 6.07 Å². The maximum absolute atomic E-state index is 10.5. The van der Waals surface area contributed by atoms with Gasteiger partial charge < -0.3 is 9.84 Å². The van der Waals surface area contributed by atoms with E-state index in [1.807, 2.05) is 12.1 Å². The highest BCUT2D eigenvalue weighted by atomic mass is 16.7. The van der Waals surface area contributed by atoms with E-state index in [2.05, 4.69) is 13.8 Å². The van der Waals surface area contributed by atoms with Gasteiger partial charge in [0.05, 0.1) is 0 Å². The molecule has 0 saturated carbocycles. The van der Waals surface area contributed by atoms with Crippen LogP contribution in [0.4, 0.5) is 4.79 Å². The molecule has 0 aliphatic heterocycles. The fraction of sp³-hybridized carbons (Fsp3) is 0.417. The largest absolute Gasteiger partial charge is 0.511 e. The van der Waals surface area contributed by atoms with Crippen molar-refractivity contribution in [3.05, 3.63) is 29.3 Å². The lowest BCUT2D eigenvalue weighted by Gasteiger charge is -2.11. The molecule has 0 amide bonds. The van der Waals surface area contributed by atoms with Gasteiger partial charge in [-0.2, -0.15) is 0 Å². The third-order valence-corrected chi connectivity index (χ3v) is 2.31. The van der Waals surface area contributed by atoms with Crippen molar-refractivity contribution < 1.29 is 14.6 Å². The van der Waals surface area contributed by atoms with E-state index in [9.17, 15) is 4.79 Å². The van der Waals surface area contributed by atoms with Gasteiger partial charge in [-0.25, -0.2) is 4.79 Å². The molecule has 15 heavy (non-hydrogen) atoms. The Morgan fingerprint density at radius 3 is 2.67 bits per heavy atom. The number of carbonyl (C=O) groups is 1. The minimum atomic E-state index is -1.25. The lowest BCUT2D eigenvalue weighted by Crippen LogP contribution is -2.06. The molecule has 3 nitrogen and oxygen atoms in total. The molecule has 82 valence electrons. The van der Waals surface area contributed by atoms with Gasteiger partial charge in [0.1, 0.15) is 5.75 Å². The van der Waals surface area contributed by atoms with E-state index in [1.165, 1.54) is 0 Å². The van der Waals surface area contributed by atoms with E-state index in [4.69, 9.17) is 9.84 Å². The maximum Gasteiger partial charge on any atom is 0.511 e. The third kappa shape index (κ3) is 2.98. The second-order valence-corrected chi connectivity index (χ2v) is 3.37. The van der Waals surface area contributed by atoms with E-state index in [-0.39, 0.29) is 0 Å². The van der Waals surface area contributed by atoms with Crippen LogP contribution in [0.2, 0.25) is 0 Å². The summed E-state index contributed by atoms with van der Waals surface area (Å²) in [6.45, 7) is 4.12. The normalized spacial score (nSPS) is 10.0. The molecule has 0 bridgehead atoms. The lowest BCUT2D eigenvalue weighted by molar-refractivity contribution is 0.144. The zero-order valence-electron chi connectivity index (χ0n) is 9.12. The predicted molar refractivity (Wildman–Crippen MR) is 58.5 cm³/mol. The highest BCUT2D eigenvalue weighted by Gasteiger charge is 2.10. The highest BCUT2D eigenvalue weighted by Crippen LogP contribution is 2.24.